The van der Waals surface area contributed by atoms with Gasteiger partial charge in [0.15, 0.2) is 0 Å². The number of aromatic nitrogens is 1. The van der Waals surface area contributed by atoms with Crippen LogP contribution < -0.4 is 10.1 Å². The molecule has 0 unspecified atom stereocenters. The van der Waals surface area contributed by atoms with Crippen molar-refractivity contribution in [2.24, 2.45) is 0 Å². The van der Waals surface area contributed by atoms with Gasteiger partial charge in [0.1, 0.15) is 12.4 Å². The highest BCUT2D eigenvalue weighted by atomic mass is 16.5. The van der Waals surface area contributed by atoms with Crippen molar-refractivity contribution >= 4 is 5.69 Å². The van der Waals surface area contributed by atoms with Gasteiger partial charge in [0, 0.05) is 25.4 Å². The van der Waals surface area contributed by atoms with E-state index in [2.05, 4.69) is 10.3 Å². The summed E-state index contributed by atoms with van der Waals surface area (Å²) in [5.41, 5.74) is 2.76. The number of nitrogens with zero attached hydrogens (tertiary/aromatic N) is 1. The molecule has 0 aliphatic carbocycles. The van der Waals surface area contributed by atoms with Crippen LogP contribution in [0.5, 0.6) is 5.75 Å². The second-order valence-electron chi connectivity index (χ2n) is 4.53. The number of anilines is 1. The maximum absolute atomic E-state index is 9.28. The summed E-state index contributed by atoms with van der Waals surface area (Å²) in [6, 6.07) is 9.67. The second kappa shape index (κ2) is 8.24. The van der Waals surface area contributed by atoms with E-state index in [0.29, 0.717) is 19.8 Å². The molecule has 0 spiro atoms. The summed E-state index contributed by atoms with van der Waals surface area (Å²) < 4.78 is 10.5. The molecule has 112 valence electrons. The van der Waals surface area contributed by atoms with Gasteiger partial charge in [-0.3, -0.25) is 4.98 Å². The fourth-order valence-electron chi connectivity index (χ4n) is 1.91. The Labute approximate surface area is 124 Å². The van der Waals surface area contributed by atoms with Crippen molar-refractivity contribution in [2.45, 2.75) is 13.2 Å². The van der Waals surface area contributed by atoms with Gasteiger partial charge >= 0.3 is 0 Å². The Kier molecular flexibility index (Phi) is 5.99. The summed E-state index contributed by atoms with van der Waals surface area (Å²) in [6.07, 6.45) is 3.38. The summed E-state index contributed by atoms with van der Waals surface area (Å²) in [5.74, 6) is 0.819. The number of aliphatic hydroxyl groups is 1. The lowest BCUT2D eigenvalue weighted by Gasteiger charge is -2.11. The first-order valence-electron chi connectivity index (χ1n) is 6.82. The van der Waals surface area contributed by atoms with Crippen LogP contribution in [-0.2, 0) is 17.9 Å². The molecule has 0 saturated heterocycles. The average molecular weight is 288 g/mol. The van der Waals surface area contributed by atoms with E-state index in [1.54, 1.807) is 25.6 Å². The van der Waals surface area contributed by atoms with Gasteiger partial charge in [0.25, 0.3) is 0 Å². The van der Waals surface area contributed by atoms with Crippen molar-refractivity contribution in [3.63, 3.8) is 0 Å². The molecule has 2 rings (SSSR count). The van der Waals surface area contributed by atoms with Crippen molar-refractivity contribution in [1.29, 1.82) is 0 Å². The smallest absolute Gasteiger partial charge is 0.119 e. The number of methoxy groups -OCH3 is 1. The minimum Gasteiger partial charge on any atom is -0.491 e. The number of rotatable bonds is 8. The molecular weight excluding hydrogens is 268 g/mol. The summed E-state index contributed by atoms with van der Waals surface area (Å²) in [4.78, 5) is 4.06. The molecular formula is C16H20N2O3. The van der Waals surface area contributed by atoms with Gasteiger partial charge in [-0.1, -0.05) is 12.1 Å². The third-order valence-electron chi connectivity index (χ3n) is 3.02. The van der Waals surface area contributed by atoms with E-state index >= 15 is 0 Å². The Morgan fingerprint density at radius 2 is 2.14 bits per heavy atom. The highest BCUT2D eigenvalue weighted by Gasteiger charge is 2.02. The van der Waals surface area contributed by atoms with E-state index < -0.39 is 0 Å². The Bertz CT molecular complexity index is 561. The molecule has 1 aromatic heterocycles. The lowest BCUT2D eigenvalue weighted by molar-refractivity contribution is 0.146. The predicted molar refractivity (Wildman–Crippen MR) is 81.3 cm³/mol. The second-order valence-corrected chi connectivity index (χ2v) is 4.53. The van der Waals surface area contributed by atoms with Crippen LogP contribution in [0.4, 0.5) is 5.69 Å². The molecule has 0 saturated carbocycles. The molecule has 21 heavy (non-hydrogen) atoms. The van der Waals surface area contributed by atoms with Crippen LogP contribution in [0.25, 0.3) is 0 Å². The lowest BCUT2D eigenvalue weighted by atomic mass is 10.2. The summed E-state index contributed by atoms with van der Waals surface area (Å²) >= 11 is 0. The van der Waals surface area contributed by atoms with Crippen molar-refractivity contribution in [3.05, 3.63) is 53.9 Å². The Morgan fingerprint density at radius 3 is 2.95 bits per heavy atom. The maximum atomic E-state index is 9.28. The molecule has 5 heteroatoms. The number of aliphatic hydroxyl groups excluding tert-OH is 1. The van der Waals surface area contributed by atoms with E-state index in [-0.39, 0.29) is 6.61 Å². The largest absolute Gasteiger partial charge is 0.491 e. The molecule has 5 nitrogen and oxygen atoms in total. The molecule has 2 aromatic rings. The summed E-state index contributed by atoms with van der Waals surface area (Å²) in [5, 5.41) is 12.6. The van der Waals surface area contributed by atoms with Crippen molar-refractivity contribution < 1.29 is 14.6 Å². The number of hydrogen-bond acceptors (Lipinski definition) is 5. The van der Waals surface area contributed by atoms with E-state index in [1.807, 2.05) is 24.3 Å². The lowest BCUT2D eigenvalue weighted by Crippen LogP contribution is -2.06. The van der Waals surface area contributed by atoms with Crippen molar-refractivity contribution in [2.75, 3.05) is 25.6 Å². The van der Waals surface area contributed by atoms with Crippen LogP contribution in [0, 0.1) is 0 Å². The van der Waals surface area contributed by atoms with Crippen LogP contribution in [-0.4, -0.2) is 30.4 Å². The van der Waals surface area contributed by atoms with E-state index in [9.17, 15) is 5.11 Å². The average Bonchev–Trinajstić information content (AvgIpc) is 2.54. The summed E-state index contributed by atoms with van der Waals surface area (Å²) in [7, 11) is 1.65. The van der Waals surface area contributed by atoms with Gasteiger partial charge in [0.05, 0.1) is 25.1 Å². The number of nitrogens with one attached hydrogen (secondary N) is 1. The molecule has 0 aliphatic heterocycles. The standard InChI is InChI=1S/C16H20N2O3/c1-20-7-8-21-15-4-2-3-13(9-15)10-18-16-11-17-6-5-14(16)12-19/h2-6,9,11,18-19H,7-8,10,12H2,1H3. The van der Waals surface area contributed by atoms with Crippen molar-refractivity contribution in [3.8, 4) is 5.75 Å². The number of pyridine rings is 1. The van der Waals surface area contributed by atoms with Gasteiger partial charge in [-0.25, -0.2) is 0 Å². The first kappa shape index (κ1) is 15.3. The van der Waals surface area contributed by atoms with Crippen LogP contribution >= 0.6 is 0 Å². The third kappa shape index (κ3) is 4.73. The SMILES string of the molecule is COCCOc1cccc(CNc2cnccc2CO)c1. The minimum atomic E-state index is -0.00891. The number of ether oxygens (including phenoxy) is 2. The third-order valence-corrected chi connectivity index (χ3v) is 3.02. The van der Waals surface area contributed by atoms with Gasteiger partial charge < -0.3 is 19.9 Å². The molecule has 0 aliphatic rings. The van der Waals surface area contributed by atoms with Gasteiger partial charge in [-0.15, -0.1) is 0 Å². The van der Waals surface area contributed by atoms with Gasteiger partial charge in [-0.05, 0) is 23.8 Å². The zero-order valence-corrected chi connectivity index (χ0v) is 12.1. The molecule has 0 atom stereocenters. The normalized spacial score (nSPS) is 10.4. The van der Waals surface area contributed by atoms with E-state index in [1.165, 1.54) is 0 Å². The quantitative estimate of drug-likeness (QED) is 0.729. The minimum absolute atomic E-state index is 0.00891. The molecule has 0 radical (unpaired) electrons. The van der Waals surface area contributed by atoms with E-state index in [0.717, 1.165) is 22.6 Å². The molecule has 2 N–H and O–H groups in total. The maximum Gasteiger partial charge on any atom is 0.119 e. The molecule has 1 aromatic carbocycles. The summed E-state index contributed by atoms with van der Waals surface area (Å²) in [6.45, 7) is 1.73. The van der Waals surface area contributed by atoms with Gasteiger partial charge in [0.2, 0.25) is 0 Å². The first-order valence-corrected chi connectivity index (χ1v) is 6.82. The molecule has 0 bridgehead atoms. The number of hydrogen-bond donors (Lipinski definition) is 2. The highest BCUT2D eigenvalue weighted by Crippen LogP contribution is 2.17. The van der Waals surface area contributed by atoms with Gasteiger partial charge in [-0.2, -0.15) is 0 Å². The topological polar surface area (TPSA) is 63.6 Å². The van der Waals surface area contributed by atoms with Crippen LogP contribution in [0.2, 0.25) is 0 Å². The highest BCUT2D eigenvalue weighted by molar-refractivity contribution is 5.49. The van der Waals surface area contributed by atoms with Crippen LogP contribution in [0.3, 0.4) is 0 Å². The number of benzene rings is 1. The van der Waals surface area contributed by atoms with E-state index in [4.69, 9.17) is 9.47 Å². The Hall–Kier alpha value is -2.11. The Balaban J connectivity index is 1.95. The Morgan fingerprint density at radius 1 is 1.24 bits per heavy atom. The molecule has 1 heterocycles. The predicted octanol–water partition coefficient (Wildman–Crippen LogP) is 2.21. The first-order chi connectivity index (χ1) is 10.3. The zero-order chi connectivity index (χ0) is 14.9. The monoisotopic (exact) mass is 288 g/mol. The fourth-order valence-corrected chi connectivity index (χ4v) is 1.91. The van der Waals surface area contributed by atoms with Crippen LogP contribution in [0.15, 0.2) is 42.7 Å². The van der Waals surface area contributed by atoms with Crippen LogP contribution in [0.1, 0.15) is 11.1 Å². The zero-order valence-electron chi connectivity index (χ0n) is 12.1. The molecule has 0 fully saturated rings. The fraction of sp³-hybridized carbons (Fsp3) is 0.312. The molecule has 0 amide bonds. The van der Waals surface area contributed by atoms with Crippen molar-refractivity contribution in [1.82, 2.24) is 4.98 Å².